The molecule has 1 atom stereocenters. The minimum atomic E-state index is -0.250. The van der Waals surface area contributed by atoms with Gasteiger partial charge in [-0.1, -0.05) is 19.1 Å². The predicted molar refractivity (Wildman–Crippen MR) is 88.0 cm³/mol. The molecule has 4 rings (SSSR count). The lowest BCUT2D eigenvalue weighted by Crippen LogP contribution is -2.25. The first-order valence-electron chi connectivity index (χ1n) is 8.12. The molecule has 0 saturated carbocycles. The summed E-state index contributed by atoms with van der Waals surface area (Å²) in [6.45, 7) is 4.19. The second-order valence-electron chi connectivity index (χ2n) is 5.89. The molecule has 1 fully saturated rings. The third-order valence-corrected chi connectivity index (χ3v) is 4.60. The Morgan fingerprint density at radius 1 is 1.22 bits per heavy atom. The van der Waals surface area contributed by atoms with Crippen molar-refractivity contribution in [3.63, 3.8) is 0 Å². The van der Waals surface area contributed by atoms with Crippen molar-refractivity contribution in [1.82, 2.24) is 19.4 Å². The zero-order valence-corrected chi connectivity index (χ0v) is 13.1. The standard InChI is InChI=1S/C18H19FN4/c1-2-22-12-6-10-16(22)18-21-14-8-5-11-20-17(14)23(18)15-9-4-3-7-13(15)19/h3-5,7-9,11,16H,2,6,10,12H2,1H3. The summed E-state index contributed by atoms with van der Waals surface area (Å²) in [6, 6.07) is 10.9. The van der Waals surface area contributed by atoms with E-state index < -0.39 is 0 Å². The van der Waals surface area contributed by atoms with Gasteiger partial charge in [0, 0.05) is 6.20 Å². The molecular formula is C18H19FN4. The monoisotopic (exact) mass is 310 g/mol. The highest BCUT2D eigenvalue weighted by Crippen LogP contribution is 2.34. The van der Waals surface area contributed by atoms with Crippen LogP contribution >= 0.6 is 0 Å². The fourth-order valence-corrected chi connectivity index (χ4v) is 3.52. The predicted octanol–water partition coefficient (Wildman–Crippen LogP) is 3.72. The lowest BCUT2D eigenvalue weighted by Gasteiger charge is -2.23. The number of pyridine rings is 1. The number of hydrogen-bond donors (Lipinski definition) is 0. The van der Waals surface area contributed by atoms with E-state index in [4.69, 9.17) is 4.98 Å². The molecule has 4 nitrogen and oxygen atoms in total. The summed E-state index contributed by atoms with van der Waals surface area (Å²) in [5.74, 6) is 0.642. The highest BCUT2D eigenvalue weighted by molar-refractivity contribution is 5.74. The molecule has 23 heavy (non-hydrogen) atoms. The normalized spacial score (nSPS) is 18.8. The van der Waals surface area contributed by atoms with E-state index in [9.17, 15) is 4.39 Å². The van der Waals surface area contributed by atoms with Gasteiger partial charge < -0.3 is 0 Å². The zero-order valence-electron chi connectivity index (χ0n) is 13.1. The molecule has 0 bridgehead atoms. The molecule has 1 aromatic carbocycles. The number of benzene rings is 1. The second-order valence-corrected chi connectivity index (χ2v) is 5.89. The third kappa shape index (κ3) is 2.32. The van der Waals surface area contributed by atoms with Gasteiger partial charge in [-0.25, -0.2) is 14.4 Å². The molecule has 0 spiro atoms. The number of aromatic nitrogens is 3. The summed E-state index contributed by atoms with van der Waals surface area (Å²) in [5, 5.41) is 0. The van der Waals surface area contributed by atoms with Gasteiger partial charge in [0.15, 0.2) is 5.65 Å². The van der Waals surface area contributed by atoms with E-state index in [0.29, 0.717) is 5.69 Å². The van der Waals surface area contributed by atoms with Crippen LogP contribution in [0.5, 0.6) is 0 Å². The smallest absolute Gasteiger partial charge is 0.164 e. The number of imidazole rings is 1. The Morgan fingerprint density at radius 3 is 2.91 bits per heavy atom. The van der Waals surface area contributed by atoms with Crippen LogP contribution in [-0.2, 0) is 0 Å². The topological polar surface area (TPSA) is 34.0 Å². The van der Waals surface area contributed by atoms with Gasteiger partial charge in [0.2, 0.25) is 0 Å². The van der Waals surface area contributed by atoms with Crippen molar-refractivity contribution in [2.75, 3.05) is 13.1 Å². The van der Waals surface area contributed by atoms with Crippen molar-refractivity contribution in [2.24, 2.45) is 0 Å². The van der Waals surface area contributed by atoms with Crippen molar-refractivity contribution in [3.8, 4) is 5.69 Å². The molecule has 118 valence electrons. The molecule has 1 aliphatic rings. The number of halogens is 1. The first-order valence-corrected chi connectivity index (χ1v) is 8.12. The first-order chi connectivity index (χ1) is 11.3. The van der Waals surface area contributed by atoms with E-state index in [0.717, 1.165) is 42.9 Å². The maximum atomic E-state index is 14.4. The maximum Gasteiger partial charge on any atom is 0.164 e. The largest absolute Gasteiger partial charge is 0.294 e. The van der Waals surface area contributed by atoms with Gasteiger partial charge in [-0.2, -0.15) is 0 Å². The van der Waals surface area contributed by atoms with Crippen LogP contribution in [0.25, 0.3) is 16.9 Å². The summed E-state index contributed by atoms with van der Waals surface area (Å²) < 4.78 is 16.3. The Bertz CT molecular complexity index is 842. The zero-order chi connectivity index (χ0) is 15.8. The van der Waals surface area contributed by atoms with E-state index in [1.54, 1.807) is 18.3 Å². The maximum absolute atomic E-state index is 14.4. The van der Waals surface area contributed by atoms with Crippen molar-refractivity contribution in [2.45, 2.75) is 25.8 Å². The van der Waals surface area contributed by atoms with E-state index in [-0.39, 0.29) is 11.9 Å². The van der Waals surface area contributed by atoms with Crippen LogP contribution in [0.4, 0.5) is 4.39 Å². The fraction of sp³-hybridized carbons (Fsp3) is 0.333. The van der Waals surface area contributed by atoms with Gasteiger partial charge in [0.05, 0.1) is 11.7 Å². The quantitative estimate of drug-likeness (QED) is 0.739. The molecule has 1 aliphatic heterocycles. The molecule has 0 radical (unpaired) electrons. The Kier molecular flexibility index (Phi) is 3.58. The SMILES string of the molecule is CCN1CCCC1c1nc2cccnc2n1-c1ccccc1F. The Hall–Kier alpha value is -2.27. The van der Waals surface area contributed by atoms with Gasteiger partial charge >= 0.3 is 0 Å². The molecule has 0 amide bonds. The molecule has 1 unspecified atom stereocenters. The highest BCUT2D eigenvalue weighted by atomic mass is 19.1. The Labute approximate surface area is 134 Å². The van der Waals surface area contributed by atoms with Gasteiger partial charge in [-0.3, -0.25) is 9.47 Å². The van der Waals surface area contributed by atoms with Crippen molar-refractivity contribution in [1.29, 1.82) is 0 Å². The summed E-state index contributed by atoms with van der Waals surface area (Å²) in [6.07, 6.45) is 3.93. The minimum Gasteiger partial charge on any atom is -0.294 e. The summed E-state index contributed by atoms with van der Waals surface area (Å²) in [4.78, 5) is 11.7. The van der Waals surface area contributed by atoms with E-state index in [1.807, 2.05) is 22.8 Å². The van der Waals surface area contributed by atoms with E-state index >= 15 is 0 Å². The number of rotatable bonds is 3. The second kappa shape index (κ2) is 5.74. The lowest BCUT2D eigenvalue weighted by atomic mass is 10.2. The molecule has 5 heteroatoms. The summed E-state index contributed by atoms with van der Waals surface area (Å²) in [7, 11) is 0. The van der Waals surface area contributed by atoms with Gasteiger partial charge in [0.25, 0.3) is 0 Å². The number of fused-ring (bicyclic) bond motifs is 1. The van der Waals surface area contributed by atoms with Crippen molar-refractivity contribution in [3.05, 3.63) is 54.2 Å². The van der Waals surface area contributed by atoms with Gasteiger partial charge in [-0.15, -0.1) is 0 Å². The van der Waals surface area contributed by atoms with Gasteiger partial charge in [0.1, 0.15) is 17.2 Å². The minimum absolute atomic E-state index is 0.216. The summed E-state index contributed by atoms with van der Waals surface area (Å²) in [5.41, 5.74) is 2.05. The van der Waals surface area contributed by atoms with Crippen LogP contribution in [0.15, 0.2) is 42.6 Å². The average molecular weight is 310 g/mol. The van der Waals surface area contributed by atoms with Crippen LogP contribution in [0, 0.1) is 5.82 Å². The molecule has 0 N–H and O–H groups in total. The lowest BCUT2D eigenvalue weighted by molar-refractivity contribution is 0.260. The molecule has 2 aromatic heterocycles. The molecule has 1 saturated heterocycles. The third-order valence-electron chi connectivity index (χ3n) is 4.60. The molecular weight excluding hydrogens is 291 g/mol. The molecule has 0 aliphatic carbocycles. The first kappa shape index (κ1) is 14.3. The Morgan fingerprint density at radius 2 is 2.09 bits per heavy atom. The number of nitrogens with zero attached hydrogens (tertiary/aromatic N) is 4. The van der Waals surface area contributed by atoms with E-state index in [2.05, 4.69) is 16.8 Å². The van der Waals surface area contributed by atoms with E-state index in [1.165, 1.54) is 6.07 Å². The number of para-hydroxylation sites is 1. The highest BCUT2D eigenvalue weighted by Gasteiger charge is 2.30. The molecule has 3 aromatic rings. The van der Waals surface area contributed by atoms with Crippen molar-refractivity contribution >= 4 is 11.2 Å². The summed E-state index contributed by atoms with van der Waals surface area (Å²) >= 11 is 0. The number of hydrogen-bond acceptors (Lipinski definition) is 3. The average Bonchev–Trinajstić information content (AvgIpc) is 3.19. The van der Waals surface area contributed by atoms with Crippen molar-refractivity contribution < 1.29 is 4.39 Å². The van der Waals surface area contributed by atoms with Crippen LogP contribution in [-0.4, -0.2) is 32.5 Å². The van der Waals surface area contributed by atoms with Crippen LogP contribution in [0.2, 0.25) is 0 Å². The van der Waals surface area contributed by atoms with Crippen LogP contribution < -0.4 is 0 Å². The number of likely N-dealkylation sites (tertiary alicyclic amines) is 1. The van der Waals surface area contributed by atoms with Crippen LogP contribution in [0.3, 0.4) is 0 Å². The van der Waals surface area contributed by atoms with Gasteiger partial charge in [-0.05, 0) is 50.2 Å². The fourth-order valence-electron chi connectivity index (χ4n) is 3.52. The van der Waals surface area contributed by atoms with Crippen LogP contribution in [0.1, 0.15) is 31.6 Å². The Balaban J connectivity index is 1.97. The molecule has 3 heterocycles.